The summed E-state index contributed by atoms with van der Waals surface area (Å²) in [4.78, 5) is 0. The standard InChI is InChI=1S/C25H27F5N2O2S/c1-24(2,3)14-18-22-20(27)5-4-6-21(22)32(12-11-31-35(33,34)16-8-9-16)23(18)17-10-7-15(26)13-19(17)25(28,29)30/h4-7,10,13,16,31H,8-9,11-12,14H2,1-3H3. The molecule has 0 aliphatic heterocycles. The largest absolute Gasteiger partial charge is 0.417 e. The van der Waals surface area contributed by atoms with Crippen LogP contribution in [0.4, 0.5) is 22.0 Å². The van der Waals surface area contributed by atoms with Crippen LogP contribution in [0.3, 0.4) is 0 Å². The normalized spacial score (nSPS) is 15.2. The summed E-state index contributed by atoms with van der Waals surface area (Å²) in [6.07, 6.45) is -3.48. The van der Waals surface area contributed by atoms with E-state index in [1.807, 2.05) is 20.8 Å². The summed E-state index contributed by atoms with van der Waals surface area (Å²) in [7, 11) is -3.52. The maximum Gasteiger partial charge on any atom is 0.417 e. The van der Waals surface area contributed by atoms with E-state index >= 15 is 4.39 Å². The van der Waals surface area contributed by atoms with E-state index < -0.39 is 44.1 Å². The number of benzene rings is 2. The third kappa shape index (κ3) is 5.38. The summed E-state index contributed by atoms with van der Waals surface area (Å²) in [6.45, 7) is 5.56. The number of aromatic nitrogens is 1. The molecule has 0 saturated heterocycles. The van der Waals surface area contributed by atoms with E-state index in [1.54, 1.807) is 6.07 Å². The lowest BCUT2D eigenvalue weighted by Gasteiger charge is -2.22. The number of nitrogens with one attached hydrogen (secondary N) is 1. The van der Waals surface area contributed by atoms with Crippen molar-refractivity contribution in [2.75, 3.05) is 6.54 Å². The van der Waals surface area contributed by atoms with Crippen LogP contribution in [0.1, 0.15) is 44.7 Å². The van der Waals surface area contributed by atoms with Gasteiger partial charge >= 0.3 is 6.18 Å². The Kier molecular flexibility index (Phi) is 6.51. The topological polar surface area (TPSA) is 51.1 Å². The number of alkyl halides is 3. The second-order valence-corrected chi connectivity index (χ2v) is 12.2. The first-order valence-electron chi connectivity index (χ1n) is 11.3. The van der Waals surface area contributed by atoms with Crippen LogP contribution < -0.4 is 4.72 Å². The van der Waals surface area contributed by atoms with Crippen molar-refractivity contribution in [1.29, 1.82) is 0 Å². The Hall–Kier alpha value is -2.46. The second-order valence-electron chi connectivity index (χ2n) is 10.2. The summed E-state index contributed by atoms with van der Waals surface area (Å²) in [5.74, 6) is -1.62. The van der Waals surface area contributed by atoms with Crippen LogP contribution in [0.2, 0.25) is 0 Å². The molecule has 3 aromatic rings. The molecule has 0 radical (unpaired) electrons. The predicted octanol–water partition coefficient (Wildman–Crippen LogP) is 6.28. The molecule has 0 unspecified atom stereocenters. The molecule has 4 rings (SSSR count). The van der Waals surface area contributed by atoms with Crippen LogP contribution in [0, 0.1) is 17.0 Å². The number of hydrogen-bond acceptors (Lipinski definition) is 2. The number of fused-ring (bicyclic) bond motifs is 1. The molecule has 1 aromatic heterocycles. The average molecular weight is 515 g/mol. The van der Waals surface area contributed by atoms with E-state index in [2.05, 4.69) is 4.72 Å². The molecule has 4 nitrogen and oxygen atoms in total. The summed E-state index contributed by atoms with van der Waals surface area (Å²) >= 11 is 0. The summed E-state index contributed by atoms with van der Waals surface area (Å²) in [5, 5.41) is -0.272. The zero-order valence-corrected chi connectivity index (χ0v) is 20.5. The van der Waals surface area contributed by atoms with Gasteiger partial charge in [-0.05, 0) is 60.6 Å². The fourth-order valence-corrected chi connectivity index (χ4v) is 5.80. The highest BCUT2D eigenvalue weighted by molar-refractivity contribution is 7.90. The van der Waals surface area contributed by atoms with Gasteiger partial charge in [-0.15, -0.1) is 0 Å². The Balaban J connectivity index is 1.96. The van der Waals surface area contributed by atoms with Crippen LogP contribution in [0.25, 0.3) is 22.2 Å². The lowest BCUT2D eigenvalue weighted by atomic mass is 9.85. The number of sulfonamides is 1. The van der Waals surface area contributed by atoms with Crippen molar-refractivity contribution >= 4 is 20.9 Å². The first-order chi connectivity index (χ1) is 16.2. The van der Waals surface area contributed by atoms with Gasteiger partial charge in [0.2, 0.25) is 10.0 Å². The van der Waals surface area contributed by atoms with Crippen molar-refractivity contribution in [2.45, 2.75) is 58.0 Å². The number of rotatable bonds is 7. The molecule has 2 aromatic carbocycles. The highest BCUT2D eigenvalue weighted by atomic mass is 32.2. The lowest BCUT2D eigenvalue weighted by Crippen LogP contribution is -2.30. The molecule has 1 fully saturated rings. The van der Waals surface area contributed by atoms with Crippen molar-refractivity contribution in [1.82, 2.24) is 9.29 Å². The monoisotopic (exact) mass is 514 g/mol. The molecule has 0 atom stereocenters. The zero-order chi connectivity index (χ0) is 25.8. The van der Waals surface area contributed by atoms with Crippen LogP contribution >= 0.6 is 0 Å². The average Bonchev–Trinajstić information content (AvgIpc) is 3.53. The first-order valence-corrected chi connectivity index (χ1v) is 12.9. The van der Waals surface area contributed by atoms with E-state index in [1.165, 1.54) is 16.7 Å². The second kappa shape index (κ2) is 8.89. The molecule has 1 aliphatic carbocycles. The first kappa shape index (κ1) is 25.6. The molecular formula is C25H27F5N2O2S. The van der Waals surface area contributed by atoms with Gasteiger partial charge in [0.25, 0.3) is 0 Å². The molecule has 1 aliphatic rings. The van der Waals surface area contributed by atoms with Crippen molar-refractivity contribution in [3.63, 3.8) is 0 Å². The Morgan fingerprint density at radius 2 is 1.74 bits per heavy atom. The zero-order valence-electron chi connectivity index (χ0n) is 19.6. The third-order valence-electron chi connectivity index (χ3n) is 5.99. The van der Waals surface area contributed by atoms with E-state index in [0.29, 0.717) is 30.0 Å². The fourth-order valence-electron chi connectivity index (χ4n) is 4.43. The van der Waals surface area contributed by atoms with Gasteiger partial charge in [0.1, 0.15) is 11.6 Å². The molecule has 10 heteroatoms. The lowest BCUT2D eigenvalue weighted by molar-refractivity contribution is -0.137. The van der Waals surface area contributed by atoms with Gasteiger partial charge in [0.15, 0.2) is 0 Å². The third-order valence-corrected chi connectivity index (χ3v) is 7.95. The van der Waals surface area contributed by atoms with Gasteiger partial charge in [-0.3, -0.25) is 0 Å². The molecular weight excluding hydrogens is 487 g/mol. The summed E-state index contributed by atoms with van der Waals surface area (Å²) in [5.41, 5.74) is -1.04. The SMILES string of the molecule is CC(C)(C)Cc1c(-c2ccc(F)cc2C(F)(F)F)n(CCNS(=O)(=O)C2CC2)c2cccc(F)c12. The van der Waals surface area contributed by atoms with Gasteiger partial charge in [-0.25, -0.2) is 21.9 Å². The van der Waals surface area contributed by atoms with Gasteiger partial charge in [0, 0.05) is 24.0 Å². The predicted molar refractivity (Wildman–Crippen MR) is 125 cm³/mol. The molecule has 1 N–H and O–H groups in total. The summed E-state index contributed by atoms with van der Waals surface area (Å²) < 4.78 is 99.7. The highest BCUT2D eigenvalue weighted by Crippen LogP contribution is 2.44. The van der Waals surface area contributed by atoms with E-state index in [9.17, 15) is 26.0 Å². The van der Waals surface area contributed by atoms with E-state index in [0.717, 1.165) is 12.1 Å². The van der Waals surface area contributed by atoms with Crippen molar-refractivity contribution in [3.05, 3.63) is 59.2 Å². The van der Waals surface area contributed by atoms with Gasteiger partial charge in [0.05, 0.1) is 22.0 Å². The van der Waals surface area contributed by atoms with E-state index in [4.69, 9.17) is 0 Å². The highest BCUT2D eigenvalue weighted by Gasteiger charge is 2.37. The van der Waals surface area contributed by atoms with Crippen molar-refractivity contribution in [3.8, 4) is 11.3 Å². The Labute approximate surface area is 201 Å². The van der Waals surface area contributed by atoms with Crippen molar-refractivity contribution in [2.24, 2.45) is 5.41 Å². The minimum absolute atomic E-state index is 0.0277. The Bertz CT molecular complexity index is 1370. The van der Waals surface area contributed by atoms with Crippen LogP contribution in [0.15, 0.2) is 36.4 Å². The smallest absolute Gasteiger partial charge is 0.339 e. The maximum atomic E-state index is 15.1. The molecule has 1 saturated carbocycles. The Morgan fingerprint density at radius 3 is 2.34 bits per heavy atom. The quantitative estimate of drug-likeness (QED) is 0.378. The molecule has 0 spiro atoms. The van der Waals surface area contributed by atoms with Gasteiger partial charge < -0.3 is 4.57 Å². The molecule has 35 heavy (non-hydrogen) atoms. The molecule has 190 valence electrons. The van der Waals surface area contributed by atoms with Crippen LogP contribution in [-0.2, 0) is 29.2 Å². The van der Waals surface area contributed by atoms with Gasteiger partial charge in [-0.1, -0.05) is 26.8 Å². The van der Waals surface area contributed by atoms with E-state index in [-0.39, 0.29) is 36.2 Å². The number of nitrogens with zero attached hydrogens (tertiary/aromatic N) is 1. The fraction of sp³-hybridized carbons (Fsp3) is 0.440. The van der Waals surface area contributed by atoms with Crippen LogP contribution in [-0.4, -0.2) is 24.8 Å². The van der Waals surface area contributed by atoms with Crippen LogP contribution in [0.5, 0.6) is 0 Å². The minimum atomic E-state index is -4.86. The number of halogens is 5. The molecule has 0 amide bonds. The summed E-state index contributed by atoms with van der Waals surface area (Å²) in [6, 6.07) is 6.74. The minimum Gasteiger partial charge on any atom is -0.339 e. The molecule has 1 heterocycles. The maximum absolute atomic E-state index is 15.1. The van der Waals surface area contributed by atoms with Crippen molar-refractivity contribution < 1.29 is 30.4 Å². The molecule has 0 bridgehead atoms. The number of hydrogen-bond donors (Lipinski definition) is 1. The van der Waals surface area contributed by atoms with Gasteiger partial charge in [-0.2, -0.15) is 13.2 Å². The Morgan fingerprint density at radius 1 is 1.06 bits per heavy atom.